The van der Waals surface area contributed by atoms with Crippen molar-refractivity contribution in [3.63, 3.8) is 0 Å². The summed E-state index contributed by atoms with van der Waals surface area (Å²) in [5.74, 6) is 2.05. The Balaban J connectivity index is 2.36. The molecule has 1 aromatic rings. The fourth-order valence-electron chi connectivity index (χ4n) is 2.47. The first kappa shape index (κ1) is 11.3. The molecular formula is C13H18O3. The lowest BCUT2D eigenvalue weighted by atomic mass is 9.98. The summed E-state index contributed by atoms with van der Waals surface area (Å²) in [5, 5.41) is 9.02. The molecule has 88 valence electrons. The van der Waals surface area contributed by atoms with Gasteiger partial charge in [-0.1, -0.05) is 0 Å². The molecule has 3 nitrogen and oxygen atoms in total. The molecule has 16 heavy (non-hydrogen) atoms. The fraction of sp³-hybridized carbons (Fsp3) is 0.538. The number of aliphatic hydroxyl groups is 1. The van der Waals surface area contributed by atoms with Gasteiger partial charge in [0.2, 0.25) is 0 Å². The predicted molar refractivity (Wildman–Crippen MR) is 62.3 cm³/mol. The number of benzene rings is 1. The fourth-order valence-corrected chi connectivity index (χ4v) is 2.47. The number of aryl methyl sites for hydroxylation is 1. The molecule has 0 aromatic heterocycles. The van der Waals surface area contributed by atoms with E-state index in [1.54, 1.807) is 14.2 Å². The van der Waals surface area contributed by atoms with Crippen molar-refractivity contribution in [2.75, 3.05) is 20.8 Å². The normalized spacial score (nSPS) is 18.3. The molecule has 0 amide bonds. The van der Waals surface area contributed by atoms with Crippen molar-refractivity contribution in [3.05, 3.63) is 23.3 Å². The molecule has 2 rings (SSSR count). The van der Waals surface area contributed by atoms with Crippen molar-refractivity contribution < 1.29 is 14.6 Å². The lowest BCUT2D eigenvalue weighted by Gasteiger charge is -2.13. The molecule has 0 aliphatic heterocycles. The molecule has 1 atom stereocenters. The standard InChI is InChI=1S/C13H18O3/c1-15-12-7-10-4-3-9(5-6-14)11(10)8-13(12)16-2/h7-9,14H,3-6H2,1-2H3. The van der Waals surface area contributed by atoms with Crippen LogP contribution in [0.25, 0.3) is 0 Å². The summed E-state index contributed by atoms with van der Waals surface area (Å²) < 4.78 is 10.6. The Morgan fingerprint density at radius 1 is 1.25 bits per heavy atom. The predicted octanol–water partition coefficient (Wildman–Crippen LogP) is 2.12. The highest BCUT2D eigenvalue weighted by Gasteiger charge is 2.24. The van der Waals surface area contributed by atoms with Crippen LogP contribution in [0.4, 0.5) is 0 Å². The summed E-state index contributed by atoms with van der Waals surface area (Å²) in [6.07, 6.45) is 3.02. The summed E-state index contributed by atoms with van der Waals surface area (Å²) >= 11 is 0. The highest BCUT2D eigenvalue weighted by atomic mass is 16.5. The van der Waals surface area contributed by atoms with E-state index >= 15 is 0 Å². The lowest BCUT2D eigenvalue weighted by Crippen LogP contribution is -1.98. The van der Waals surface area contributed by atoms with E-state index in [0.29, 0.717) is 5.92 Å². The molecule has 1 aliphatic rings. The van der Waals surface area contributed by atoms with Crippen LogP contribution in [0.3, 0.4) is 0 Å². The Kier molecular flexibility index (Phi) is 3.34. The Labute approximate surface area is 96.0 Å². The highest BCUT2D eigenvalue weighted by molar-refractivity contribution is 5.50. The van der Waals surface area contributed by atoms with E-state index in [9.17, 15) is 0 Å². The zero-order chi connectivity index (χ0) is 11.5. The van der Waals surface area contributed by atoms with Gasteiger partial charge in [0.25, 0.3) is 0 Å². The number of ether oxygens (including phenoxy) is 2. The minimum atomic E-state index is 0.248. The maximum absolute atomic E-state index is 9.02. The molecular weight excluding hydrogens is 204 g/mol. The van der Waals surface area contributed by atoms with Gasteiger partial charge in [-0.3, -0.25) is 0 Å². The van der Waals surface area contributed by atoms with Crippen molar-refractivity contribution >= 4 is 0 Å². The zero-order valence-electron chi connectivity index (χ0n) is 9.82. The van der Waals surface area contributed by atoms with Crippen molar-refractivity contribution in [1.82, 2.24) is 0 Å². The van der Waals surface area contributed by atoms with Crippen molar-refractivity contribution in [1.29, 1.82) is 0 Å². The molecule has 0 saturated heterocycles. The van der Waals surface area contributed by atoms with E-state index in [4.69, 9.17) is 14.6 Å². The number of hydrogen-bond acceptors (Lipinski definition) is 3. The van der Waals surface area contributed by atoms with Crippen LogP contribution in [0.5, 0.6) is 11.5 Å². The second-order valence-electron chi connectivity index (χ2n) is 4.15. The maximum Gasteiger partial charge on any atom is 0.161 e. The van der Waals surface area contributed by atoms with Gasteiger partial charge in [0.1, 0.15) is 0 Å². The third-order valence-corrected chi connectivity index (χ3v) is 3.32. The number of rotatable bonds is 4. The molecule has 0 bridgehead atoms. The summed E-state index contributed by atoms with van der Waals surface area (Å²) in [6.45, 7) is 0.248. The summed E-state index contributed by atoms with van der Waals surface area (Å²) in [4.78, 5) is 0. The first-order valence-corrected chi connectivity index (χ1v) is 5.65. The molecule has 0 saturated carbocycles. The van der Waals surface area contributed by atoms with E-state index < -0.39 is 0 Å². The minimum absolute atomic E-state index is 0.248. The van der Waals surface area contributed by atoms with Gasteiger partial charge in [-0.15, -0.1) is 0 Å². The van der Waals surface area contributed by atoms with Crippen molar-refractivity contribution in [2.24, 2.45) is 0 Å². The maximum atomic E-state index is 9.02. The monoisotopic (exact) mass is 222 g/mol. The second-order valence-corrected chi connectivity index (χ2v) is 4.15. The quantitative estimate of drug-likeness (QED) is 0.848. The van der Waals surface area contributed by atoms with Gasteiger partial charge in [-0.25, -0.2) is 0 Å². The van der Waals surface area contributed by atoms with E-state index in [1.807, 2.05) is 0 Å². The Morgan fingerprint density at radius 2 is 1.94 bits per heavy atom. The van der Waals surface area contributed by atoms with Crippen LogP contribution < -0.4 is 9.47 Å². The first-order valence-electron chi connectivity index (χ1n) is 5.65. The van der Waals surface area contributed by atoms with Crippen LogP contribution in [-0.4, -0.2) is 25.9 Å². The molecule has 1 aromatic carbocycles. The molecule has 0 spiro atoms. The molecule has 1 aliphatic carbocycles. The smallest absolute Gasteiger partial charge is 0.161 e. The summed E-state index contributed by atoms with van der Waals surface area (Å²) in [5.41, 5.74) is 2.64. The zero-order valence-corrected chi connectivity index (χ0v) is 9.82. The first-order chi connectivity index (χ1) is 7.80. The van der Waals surface area contributed by atoms with E-state index in [-0.39, 0.29) is 6.61 Å². The van der Waals surface area contributed by atoms with Gasteiger partial charge in [0.15, 0.2) is 11.5 Å². The van der Waals surface area contributed by atoms with Crippen molar-refractivity contribution in [2.45, 2.75) is 25.2 Å². The average Bonchev–Trinajstić information content (AvgIpc) is 2.70. The van der Waals surface area contributed by atoms with Gasteiger partial charge < -0.3 is 14.6 Å². The van der Waals surface area contributed by atoms with Gasteiger partial charge in [0.05, 0.1) is 14.2 Å². The topological polar surface area (TPSA) is 38.7 Å². The molecule has 0 radical (unpaired) electrons. The van der Waals surface area contributed by atoms with Gasteiger partial charge in [-0.2, -0.15) is 0 Å². The van der Waals surface area contributed by atoms with Crippen LogP contribution in [0.1, 0.15) is 29.9 Å². The van der Waals surface area contributed by atoms with E-state index in [0.717, 1.165) is 30.8 Å². The highest BCUT2D eigenvalue weighted by Crippen LogP contribution is 2.41. The SMILES string of the molecule is COc1cc2c(cc1OC)C(CCO)CC2. The molecule has 0 fully saturated rings. The Hall–Kier alpha value is -1.22. The summed E-state index contributed by atoms with van der Waals surface area (Å²) in [6, 6.07) is 4.12. The van der Waals surface area contributed by atoms with E-state index in [1.165, 1.54) is 11.1 Å². The van der Waals surface area contributed by atoms with Crippen LogP contribution in [0.15, 0.2) is 12.1 Å². The van der Waals surface area contributed by atoms with Crippen molar-refractivity contribution in [3.8, 4) is 11.5 Å². The Morgan fingerprint density at radius 3 is 2.56 bits per heavy atom. The molecule has 3 heteroatoms. The minimum Gasteiger partial charge on any atom is -0.493 e. The van der Waals surface area contributed by atoms with Gasteiger partial charge >= 0.3 is 0 Å². The van der Waals surface area contributed by atoms with Crippen LogP contribution >= 0.6 is 0 Å². The number of methoxy groups -OCH3 is 2. The van der Waals surface area contributed by atoms with Crippen LogP contribution in [0.2, 0.25) is 0 Å². The van der Waals surface area contributed by atoms with Gasteiger partial charge in [0, 0.05) is 6.61 Å². The molecule has 0 heterocycles. The largest absolute Gasteiger partial charge is 0.493 e. The third-order valence-electron chi connectivity index (χ3n) is 3.32. The number of aliphatic hydroxyl groups excluding tert-OH is 1. The second kappa shape index (κ2) is 4.74. The van der Waals surface area contributed by atoms with Gasteiger partial charge in [-0.05, 0) is 48.4 Å². The molecule has 1 unspecified atom stereocenters. The number of hydrogen-bond donors (Lipinski definition) is 1. The van der Waals surface area contributed by atoms with Crippen LogP contribution in [-0.2, 0) is 6.42 Å². The number of fused-ring (bicyclic) bond motifs is 1. The van der Waals surface area contributed by atoms with E-state index in [2.05, 4.69) is 12.1 Å². The Bertz CT molecular complexity index is 374. The average molecular weight is 222 g/mol. The molecule has 1 N–H and O–H groups in total. The summed E-state index contributed by atoms with van der Waals surface area (Å²) in [7, 11) is 3.31. The third kappa shape index (κ3) is 1.87. The lowest BCUT2D eigenvalue weighted by molar-refractivity contribution is 0.275. The van der Waals surface area contributed by atoms with Crippen LogP contribution in [0, 0.1) is 0 Å².